The Hall–Kier alpha value is -1.50. The molecule has 2 rings (SSSR count). The summed E-state index contributed by atoms with van der Waals surface area (Å²) >= 11 is 0. The van der Waals surface area contributed by atoms with Crippen molar-refractivity contribution in [3.05, 3.63) is 46.8 Å². The van der Waals surface area contributed by atoms with Gasteiger partial charge in [0.15, 0.2) is 6.17 Å². The molecule has 0 heterocycles. The van der Waals surface area contributed by atoms with Crippen molar-refractivity contribution in [1.29, 1.82) is 0 Å². The second kappa shape index (κ2) is 6.32. The van der Waals surface area contributed by atoms with Crippen LogP contribution in [0.2, 0.25) is 0 Å². The van der Waals surface area contributed by atoms with Crippen LogP contribution in [-0.2, 0) is 17.3 Å². The Balaban J connectivity index is 2.26. The van der Waals surface area contributed by atoms with Crippen LogP contribution < -0.4 is 0 Å². The van der Waals surface area contributed by atoms with Crippen molar-refractivity contribution in [2.24, 2.45) is 0 Å². The molecule has 122 valence electrons. The van der Waals surface area contributed by atoms with E-state index < -0.39 is 47.8 Å². The lowest BCUT2D eigenvalue weighted by atomic mass is 10.1. The van der Waals surface area contributed by atoms with E-state index in [1.165, 1.54) is 0 Å². The molecule has 1 aromatic rings. The molecule has 0 N–H and O–H groups in total. The third-order valence-electron chi connectivity index (χ3n) is 3.31. The van der Waals surface area contributed by atoms with Gasteiger partial charge in [-0.15, -0.1) is 0 Å². The first-order valence-corrected chi connectivity index (χ1v) is 6.80. The Kier molecular flexibility index (Phi) is 4.84. The quantitative estimate of drug-likeness (QED) is 0.697. The van der Waals surface area contributed by atoms with Crippen LogP contribution in [0, 0.1) is 11.6 Å². The Labute approximate surface area is 123 Å². The molecule has 1 aliphatic carbocycles. The van der Waals surface area contributed by atoms with Gasteiger partial charge in [-0.2, -0.15) is 8.78 Å². The second-order valence-corrected chi connectivity index (χ2v) is 5.11. The van der Waals surface area contributed by atoms with E-state index in [1.54, 1.807) is 6.92 Å². The van der Waals surface area contributed by atoms with E-state index in [-0.39, 0.29) is 5.56 Å². The van der Waals surface area contributed by atoms with Crippen LogP contribution >= 0.6 is 0 Å². The fourth-order valence-corrected chi connectivity index (χ4v) is 2.33. The Morgan fingerprint density at radius 1 is 1.18 bits per heavy atom. The second-order valence-electron chi connectivity index (χ2n) is 5.11. The molecular formula is C15H14F6O. The Morgan fingerprint density at radius 3 is 2.23 bits per heavy atom. The smallest absolute Gasteiger partial charge is 0.309 e. The van der Waals surface area contributed by atoms with Gasteiger partial charge in [-0.05, 0) is 30.2 Å². The monoisotopic (exact) mass is 324 g/mol. The fourth-order valence-electron chi connectivity index (χ4n) is 2.33. The van der Waals surface area contributed by atoms with Gasteiger partial charge in [0.1, 0.15) is 23.0 Å². The molecule has 1 aliphatic rings. The lowest BCUT2D eigenvalue weighted by Gasteiger charge is -2.22. The summed E-state index contributed by atoms with van der Waals surface area (Å²) in [7, 11) is 0. The molecule has 2 atom stereocenters. The van der Waals surface area contributed by atoms with Gasteiger partial charge in [-0.3, -0.25) is 0 Å². The predicted octanol–water partition coefficient (Wildman–Crippen LogP) is 4.95. The van der Waals surface area contributed by atoms with Crippen LogP contribution in [0.15, 0.2) is 24.0 Å². The molecule has 0 amide bonds. The van der Waals surface area contributed by atoms with Crippen molar-refractivity contribution in [3.8, 4) is 0 Å². The molecule has 22 heavy (non-hydrogen) atoms. The van der Waals surface area contributed by atoms with Crippen LogP contribution in [0.25, 0.3) is 0 Å². The molecular weight excluding hydrogens is 310 g/mol. The number of aryl methyl sites for hydroxylation is 1. The van der Waals surface area contributed by atoms with E-state index >= 15 is 0 Å². The Bertz CT molecular complexity index is 560. The molecule has 0 saturated heterocycles. The lowest BCUT2D eigenvalue weighted by Crippen LogP contribution is -2.27. The van der Waals surface area contributed by atoms with E-state index in [2.05, 4.69) is 4.74 Å². The zero-order valence-corrected chi connectivity index (χ0v) is 11.7. The number of hydrogen-bond acceptors (Lipinski definition) is 1. The zero-order chi connectivity index (χ0) is 16.5. The highest BCUT2D eigenvalue weighted by atomic mass is 19.3. The highest BCUT2D eigenvalue weighted by Crippen LogP contribution is 2.38. The SMILES string of the molecule is CCCc1cc(F)c(C(F)(F)OC2C=C(F)C(F)C2)c(F)c1. The minimum absolute atomic E-state index is 0.243. The van der Waals surface area contributed by atoms with Crippen molar-refractivity contribution in [2.45, 2.75) is 44.6 Å². The molecule has 0 aliphatic heterocycles. The zero-order valence-electron chi connectivity index (χ0n) is 11.7. The number of allylic oxidation sites excluding steroid dienone is 1. The molecule has 2 unspecified atom stereocenters. The fraction of sp³-hybridized carbons (Fsp3) is 0.467. The summed E-state index contributed by atoms with van der Waals surface area (Å²) in [5.41, 5.74) is -1.31. The van der Waals surface area contributed by atoms with Crippen LogP contribution in [0.1, 0.15) is 30.9 Å². The largest absolute Gasteiger partial charge is 0.389 e. The molecule has 0 bridgehead atoms. The van der Waals surface area contributed by atoms with Gasteiger partial charge in [-0.1, -0.05) is 13.3 Å². The van der Waals surface area contributed by atoms with Crippen LogP contribution in [0.3, 0.4) is 0 Å². The van der Waals surface area contributed by atoms with Gasteiger partial charge in [0, 0.05) is 6.42 Å². The minimum atomic E-state index is -4.33. The summed E-state index contributed by atoms with van der Waals surface area (Å²) in [6, 6.07) is 1.62. The predicted molar refractivity (Wildman–Crippen MR) is 67.8 cm³/mol. The number of benzene rings is 1. The molecule has 0 saturated carbocycles. The molecule has 0 fully saturated rings. The number of ether oxygens (including phenoxy) is 1. The number of hydrogen-bond donors (Lipinski definition) is 0. The summed E-state index contributed by atoms with van der Waals surface area (Å²) in [5.74, 6) is -4.12. The van der Waals surface area contributed by atoms with Crippen molar-refractivity contribution in [3.63, 3.8) is 0 Å². The number of halogens is 6. The molecule has 1 nitrogen and oxygen atoms in total. The van der Waals surface area contributed by atoms with Crippen LogP contribution in [0.5, 0.6) is 0 Å². The van der Waals surface area contributed by atoms with Crippen LogP contribution in [0.4, 0.5) is 26.3 Å². The number of alkyl halides is 3. The van der Waals surface area contributed by atoms with Crippen molar-refractivity contribution in [1.82, 2.24) is 0 Å². The van der Waals surface area contributed by atoms with Gasteiger partial charge in [-0.25, -0.2) is 17.6 Å². The van der Waals surface area contributed by atoms with Crippen molar-refractivity contribution in [2.75, 3.05) is 0 Å². The van der Waals surface area contributed by atoms with E-state index in [4.69, 9.17) is 0 Å². The minimum Gasteiger partial charge on any atom is -0.309 e. The van der Waals surface area contributed by atoms with E-state index in [9.17, 15) is 26.3 Å². The molecule has 1 aromatic carbocycles. The molecule has 0 aromatic heterocycles. The maximum atomic E-state index is 13.9. The molecule has 0 radical (unpaired) electrons. The van der Waals surface area contributed by atoms with Gasteiger partial charge < -0.3 is 4.74 Å². The van der Waals surface area contributed by atoms with Gasteiger partial charge in [0.2, 0.25) is 0 Å². The summed E-state index contributed by atoms with van der Waals surface area (Å²) in [5, 5.41) is 0. The first kappa shape index (κ1) is 16.9. The summed E-state index contributed by atoms with van der Waals surface area (Å²) in [4.78, 5) is 0. The summed E-state index contributed by atoms with van der Waals surface area (Å²) < 4.78 is 85.4. The lowest BCUT2D eigenvalue weighted by molar-refractivity contribution is -0.267. The third-order valence-corrected chi connectivity index (χ3v) is 3.31. The Morgan fingerprint density at radius 2 is 1.77 bits per heavy atom. The van der Waals surface area contributed by atoms with E-state index in [1.807, 2.05) is 0 Å². The maximum Gasteiger partial charge on any atom is 0.389 e. The first-order valence-electron chi connectivity index (χ1n) is 6.80. The molecule has 0 spiro atoms. The highest BCUT2D eigenvalue weighted by molar-refractivity contribution is 5.29. The summed E-state index contributed by atoms with van der Waals surface area (Å²) in [6.45, 7) is 1.77. The van der Waals surface area contributed by atoms with E-state index in [0.717, 1.165) is 12.1 Å². The van der Waals surface area contributed by atoms with Crippen LogP contribution in [-0.4, -0.2) is 12.3 Å². The van der Waals surface area contributed by atoms with E-state index in [0.29, 0.717) is 18.9 Å². The molecule has 7 heteroatoms. The van der Waals surface area contributed by atoms with Crippen molar-refractivity contribution >= 4 is 0 Å². The first-order chi connectivity index (χ1) is 10.2. The summed E-state index contributed by atoms with van der Waals surface area (Å²) in [6.07, 6.45) is -7.14. The van der Waals surface area contributed by atoms with Gasteiger partial charge >= 0.3 is 6.11 Å². The average Bonchev–Trinajstić information content (AvgIpc) is 2.66. The van der Waals surface area contributed by atoms with Crippen molar-refractivity contribution < 1.29 is 31.1 Å². The number of rotatable bonds is 5. The normalized spacial score (nSPS) is 22.0. The third kappa shape index (κ3) is 3.45. The average molecular weight is 324 g/mol. The maximum absolute atomic E-state index is 13.9. The highest BCUT2D eigenvalue weighted by Gasteiger charge is 2.43. The standard InChI is InChI=1S/C15H14F6O/c1-2-3-8-4-12(18)14(13(19)5-8)15(20,21)22-9-6-10(16)11(17)7-9/h4-6,9,11H,2-3,7H2,1H3. The topological polar surface area (TPSA) is 9.23 Å². The van der Waals surface area contributed by atoms with Gasteiger partial charge in [0.05, 0.1) is 6.10 Å². The van der Waals surface area contributed by atoms with Gasteiger partial charge in [0.25, 0.3) is 0 Å².